The smallest absolute Gasteiger partial charge is 0.871 e. The van der Waals surface area contributed by atoms with Crippen molar-refractivity contribution in [3.63, 3.8) is 0 Å². The molecule has 0 aliphatic carbocycles. The molecule has 0 unspecified atom stereocenters. The zero-order valence-corrected chi connectivity index (χ0v) is 34.2. The van der Waals surface area contributed by atoms with Gasteiger partial charge in [0.1, 0.15) is 37.8 Å². The molecule has 0 bridgehead atoms. The van der Waals surface area contributed by atoms with Crippen LogP contribution >= 0.6 is 23.2 Å². The predicted octanol–water partition coefficient (Wildman–Crippen LogP) is 8.98. The molecule has 0 aromatic heterocycles. The Balaban J connectivity index is 0.000000224. The largest absolute Gasteiger partial charge is 2.00 e. The Kier molecular flexibility index (Phi) is 13.1. The topological polar surface area (TPSA) is 204 Å². The standard InChI is InChI=1S/2C17H13ClN2O4S.Ba/c2*1-10-8-16(25(22,23)24)14(9-13(10)18)19-20-17-12-5-3-2-4-11(12)6-7-15(17)21;/h2*2-9,21H,1H3,(H,22,23,24);/q;;+2/p-2. The van der Waals surface area contributed by atoms with E-state index in [9.17, 15) is 36.2 Å². The van der Waals surface area contributed by atoms with E-state index in [0.717, 1.165) is 16.8 Å². The summed E-state index contributed by atoms with van der Waals surface area (Å²) in [6.45, 7) is 3.17. The Morgan fingerprint density at radius 3 is 1.61 bits per heavy atom. The van der Waals surface area contributed by atoms with Gasteiger partial charge in [-0.05, 0) is 66.1 Å². The van der Waals surface area contributed by atoms with Crippen molar-refractivity contribution in [2.45, 2.75) is 23.6 Å². The second-order valence-corrected chi connectivity index (χ2v) is 14.3. The van der Waals surface area contributed by atoms with E-state index in [-0.39, 0.29) is 93.2 Å². The van der Waals surface area contributed by atoms with Crippen LogP contribution in [0.25, 0.3) is 21.5 Å². The number of nitrogens with zero attached hydrogens (tertiary/aromatic N) is 4. The van der Waals surface area contributed by atoms with Crippen LogP contribution in [-0.4, -0.2) is 79.9 Å². The molecule has 0 amide bonds. The monoisotopic (exact) mass is 888 g/mol. The first kappa shape index (κ1) is 40.4. The summed E-state index contributed by atoms with van der Waals surface area (Å²) in [7, 11) is -9.27. The maximum Gasteiger partial charge on any atom is 2.00 e. The number of aromatic hydroxyl groups is 1. The fraction of sp³-hybridized carbons (Fsp3) is 0.0588. The van der Waals surface area contributed by atoms with E-state index in [1.165, 1.54) is 30.3 Å². The van der Waals surface area contributed by atoms with E-state index < -0.39 is 30.0 Å². The van der Waals surface area contributed by atoms with E-state index in [0.29, 0.717) is 21.9 Å². The molecule has 6 aromatic rings. The van der Waals surface area contributed by atoms with Gasteiger partial charge in [0.05, 0.1) is 10.6 Å². The van der Waals surface area contributed by atoms with Gasteiger partial charge in [-0.1, -0.05) is 95.7 Å². The third-order valence-electron chi connectivity index (χ3n) is 7.29. The number of hydrogen-bond donors (Lipinski definition) is 2. The van der Waals surface area contributed by atoms with Crippen LogP contribution in [0, 0.1) is 13.8 Å². The molecule has 0 spiro atoms. The molecule has 51 heavy (non-hydrogen) atoms. The zero-order chi connectivity index (χ0) is 36.4. The number of azo groups is 2. The Hall–Kier alpha value is -3.39. The fourth-order valence-electron chi connectivity index (χ4n) is 4.75. The third kappa shape index (κ3) is 9.54. The van der Waals surface area contributed by atoms with Crippen molar-refractivity contribution in [3.05, 3.63) is 118 Å². The summed E-state index contributed by atoms with van der Waals surface area (Å²) in [5.41, 5.74) is 0.814. The van der Waals surface area contributed by atoms with Gasteiger partial charge in [-0.2, -0.15) is 13.5 Å². The molecular formula is C34H24BaCl2N4O8S2. The average molecular weight is 889 g/mol. The van der Waals surface area contributed by atoms with Crippen molar-refractivity contribution in [2.75, 3.05) is 0 Å². The summed E-state index contributed by atoms with van der Waals surface area (Å²) < 4.78 is 66.9. The molecule has 6 rings (SSSR count). The minimum absolute atomic E-state index is 0. The minimum Gasteiger partial charge on any atom is -0.871 e. The number of hydrogen-bond acceptors (Lipinski definition) is 11. The summed E-state index contributed by atoms with van der Waals surface area (Å²) >= 11 is 12.0. The second-order valence-electron chi connectivity index (χ2n) is 10.8. The van der Waals surface area contributed by atoms with Crippen LogP contribution in [0.4, 0.5) is 22.7 Å². The summed E-state index contributed by atoms with van der Waals surface area (Å²) in [6, 6.07) is 25.4. The van der Waals surface area contributed by atoms with Crippen LogP contribution in [0.2, 0.25) is 10.0 Å². The Bertz CT molecular complexity index is 2410. The number of aryl methyl sites for hydroxylation is 2. The van der Waals surface area contributed by atoms with Gasteiger partial charge in [0.2, 0.25) is 0 Å². The molecule has 0 atom stereocenters. The minimum atomic E-state index is -4.77. The van der Waals surface area contributed by atoms with Crippen molar-refractivity contribution in [3.8, 4) is 11.5 Å². The molecule has 0 radical (unpaired) electrons. The van der Waals surface area contributed by atoms with E-state index in [1.54, 1.807) is 50.2 Å². The maximum absolute atomic E-state index is 12.1. The molecule has 256 valence electrons. The molecule has 0 fully saturated rings. The first-order valence-electron chi connectivity index (χ1n) is 14.3. The normalized spacial score (nSPS) is 11.9. The van der Waals surface area contributed by atoms with Gasteiger partial charge >= 0.3 is 48.9 Å². The number of benzene rings is 6. The maximum atomic E-state index is 12.1. The van der Waals surface area contributed by atoms with E-state index >= 15 is 0 Å². The van der Waals surface area contributed by atoms with Crippen molar-refractivity contribution in [2.24, 2.45) is 20.5 Å². The quantitative estimate of drug-likeness (QED) is 0.0936. The molecule has 0 saturated carbocycles. The van der Waals surface area contributed by atoms with Crippen molar-refractivity contribution in [1.29, 1.82) is 0 Å². The molecule has 0 aliphatic rings. The molecule has 0 heterocycles. The molecule has 6 aromatic carbocycles. The number of rotatable bonds is 6. The summed E-state index contributed by atoms with van der Waals surface area (Å²) in [6.07, 6.45) is 0. The Morgan fingerprint density at radius 2 is 1.08 bits per heavy atom. The zero-order valence-electron chi connectivity index (χ0n) is 26.6. The van der Waals surface area contributed by atoms with Gasteiger partial charge in [0.25, 0.3) is 10.1 Å². The van der Waals surface area contributed by atoms with Crippen LogP contribution in [-0.2, 0) is 20.2 Å². The molecule has 12 nitrogen and oxygen atoms in total. The first-order valence-corrected chi connectivity index (χ1v) is 17.9. The average Bonchev–Trinajstić information content (AvgIpc) is 3.06. The summed E-state index contributed by atoms with van der Waals surface area (Å²) in [5.74, 6) is -0.471. The molecular weight excluding hydrogens is 865 g/mol. The van der Waals surface area contributed by atoms with Crippen LogP contribution < -0.4 is 5.11 Å². The first-order chi connectivity index (χ1) is 23.5. The predicted molar refractivity (Wildman–Crippen MR) is 193 cm³/mol. The molecule has 2 N–H and O–H groups in total. The van der Waals surface area contributed by atoms with Gasteiger partial charge in [-0.3, -0.25) is 4.55 Å². The van der Waals surface area contributed by atoms with Crippen molar-refractivity contribution < 1.29 is 36.2 Å². The number of phenolic OH excluding ortho intramolecular Hbond substituents is 1. The molecule has 0 saturated heterocycles. The second kappa shape index (κ2) is 16.5. The van der Waals surface area contributed by atoms with Crippen LogP contribution in [0.1, 0.15) is 11.1 Å². The van der Waals surface area contributed by atoms with Crippen LogP contribution in [0.15, 0.2) is 127 Å². The third-order valence-corrected chi connectivity index (χ3v) is 9.85. The van der Waals surface area contributed by atoms with Crippen molar-refractivity contribution in [1.82, 2.24) is 0 Å². The van der Waals surface area contributed by atoms with E-state index in [2.05, 4.69) is 20.5 Å². The van der Waals surface area contributed by atoms with Crippen LogP contribution in [0.5, 0.6) is 11.5 Å². The SMILES string of the molecule is Cc1cc(S(=O)(=O)O)c(N=Nc2c(O)ccc3ccccc23)cc1Cl.Cc1cc(S(=O)(=O)[O-])c(N=Nc2c([O-])ccc3ccccc23)cc1Cl.[Ba+2]. The van der Waals surface area contributed by atoms with E-state index in [1.807, 2.05) is 24.3 Å². The van der Waals surface area contributed by atoms with E-state index in [4.69, 9.17) is 23.2 Å². The summed E-state index contributed by atoms with van der Waals surface area (Å²) in [4.78, 5) is -0.941. The van der Waals surface area contributed by atoms with Gasteiger partial charge in [0, 0.05) is 20.8 Å². The van der Waals surface area contributed by atoms with Gasteiger partial charge < -0.3 is 14.8 Å². The Labute approximate surface area is 343 Å². The van der Waals surface area contributed by atoms with Gasteiger partial charge in [-0.15, -0.1) is 15.3 Å². The van der Waals surface area contributed by atoms with Gasteiger partial charge in [0.15, 0.2) is 0 Å². The molecule has 17 heteroatoms. The Morgan fingerprint density at radius 1 is 0.627 bits per heavy atom. The van der Waals surface area contributed by atoms with Crippen LogP contribution in [0.3, 0.4) is 0 Å². The van der Waals surface area contributed by atoms with Gasteiger partial charge in [-0.25, -0.2) is 8.42 Å². The number of halogens is 2. The number of phenols is 1. The fourth-order valence-corrected chi connectivity index (χ4v) is 6.43. The number of fused-ring (bicyclic) bond motifs is 2. The molecule has 0 aliphatic heterocycles. The summed E-state index contributed by atoms with van der Waals surface area (Å²) in [5, 5.41) is 41.1. The van der Waals surface area contributed by atoms with Crippen molar-refractivity contribution >= 4 is 137 Å².